The highest BCUT2D eigenvalue weighted by atomic mass is 16.5. The molecule has 5 heteroatoms. The molecule has 1 heterocycles. The van der Waals surface area contributed by atoms with Crippen LogP contribution in [0.5, 0.6) is 11.5 Å². The van der Waals surface area contributed by atoms with Gasteiger partial charge in [0.05, 0.1) is 12.7 Å². The molecule has 0 spiro atoms. The summed E-state index contributed by atoms with van der Waals surface area (Å²) >= 11 is 0. The van der Waals surface area contributed by atoms with Crippen LogP contribution >= 0.6 is 0 Å². The molecule has 1 aliphatic carbocycles. The fraction of sp³-hybridized carbons (Fsp3) is 0.667. The normalized spacial score (nSPS) is 31.7. The number of rotatable bonds is 2. The van der Waals surface area contributed by atoms with Gasteiger partial charge < -0.3 is 19.8 Å². The Balaban J connectivity index is 0.00000117. The Morgan fingerprint density at radius 1 is 1.27 bits per heavy atom. The van der Waals surface area contributed by atoms with E-state index in [0.29, 0.717) is 30.6 Å². The Morgan fingerprint density at radius 3 is 2.54 bits per heavy atom. The minimum atomic E-state index is -1.05. The Labute approximate surface area is 157 Å². The van der Waals surface area contributed by atoms with Gasteiger partial charge in [0.25, 0.3) is 0 Å². The third-order valence-corrected chi connectivity index (χ3v) is 6.40. The number of benzene rings is 1. The molecule has 2 fully saturated rings. The van der Waals surface area contributed by atoms with Gasteiger partial charge in [0.2, 0.25) is 0 Å². The summed E-state index contributed by atoms with van der Waals surface area (Å²) in [6.45, 7) is 8.70. The van der Waals surface area contributed by atoms with Gasteiger partial charge in [-0.25, -0.2) is 0 Å². The van der Waals surface area contributed by atoms with Gasteiger partial charge in [-0.2, -0.15) is 0 Å². The van der Waals surface area contributed by atoms with Crippen LogP contribution in [0, 0.1) is 6.92 Å². The third-order valence-electron chi connectivity index (χ3n) is 6.40. The van der Waals surface area contributed by atoms with Crippen molar-refractivity contribution in [2.24, 2.45) is 0 Å². The maximum atomic E-state index is 12.4. The summed E-state index contributed by atoms with van der Waals surface area (Å²) in [5.74, 6) is 0.595. The average molecular weight is 363 g/mol. The maximum Gasteiger partial charge on any atom is 0.161 e. The number of fused-ring (bicyclic) bond motifs is 1. The second-order valence-corrected chi connectivity index (χ2v) is 7.44. The molecule has 1 saturated heterocycles. The summed E-state index contributed by atoms with van der Waals surface area (Å²) in [6.07, 6.45) is 1.72. The molecular formula is C21H33NO4. The van der Waals surface area contributed by atoms with Crippen LogP contribution in [0.4, 0.5) is 0 Å². The Morgan fingerprint density at radius 2 is 1.92 bits per heavy atom. The monoisotopic (exact) mass is 363 g/mol. The van der Waals surface area contributed by atoms with Crippen LogP contribution in [0.1, 0.15) is 57.6 Å². The summed E-state index contributed by atoms with van der Waals surface area (Å²) in [6, 6.07) is 3.53. The number of ketones is 1. The topological polar surface area (TPSA) is 70.0 Å². The summed E-state index contributed by atoms with van der Waals surface area (Å²) in [5.41, 5.74) is -0.255. The van der Waals surface area contributed by atoms with Crippen molar-refractivity contribution in [1.82, 2.24) is 4.90 Å². The molecule has 1 aliphatic heterocycles. The number of phenolic OH excluding ortho intramolecular Hbond substituents is 1. The van der Waals surface area contributed by atoms with Gasteiger partial charge in [-0.15, -0.1) is 0 Å². The zero-order chi connectivity index (χ0) is 19.7. The van der Waals surface area contributed by atoms with E-state index in [0.717, 1.165) is 12.1 Å². The van der Waals surface area contributed by atoms with Crippen LogP contribution in [0.3, 0.4) is 0 Å². The Kier molecular flexibility index (Phi) is 6.03. The standard InChI is InChI=1S/C19H27NO4.C2H6/c1-12-5-6-15(24-4)17(22)16(12)18-9-10-20(3)13(2)19(18,23)8-7-14(21)11-18;1-2/h5-6,13,22-23H,7-11H2,1-4H3;1-2H3. The first-order chi connectivity index (χ1) is 12.3. The van der Waals surface area contributed by atoms with E-state index < -0.39 is 11.0 Å². The van der Waals surface area contributed by atoms with Crippen LogP contribution < -0.4 is 4.74 Å². The highest BCUT2D eigenvalue weighted by molar-refractivity contribution is 5.82. The molecule has 26 heavy (non-hydrogen) atoms. The zero-order valence-electron chi connectivity index (χ0n) is 16.9. The lowest BCUT2D eigenvalue weighted by Crippen LogP contribution is -2.69. The van der Waals surface area contributed by atoms with E-state index in [1.807, 2.05) is 40.8 Å². The fourth-order valence-corrected chi connectivity index (χ4v) is 4.86. The van der Waals surface area contributed by atoms with E-state index in [2.05, 4.69) is 4.90 Å². The number of methoxy groups -OCH3 is 1. The predicted molar refractivity (Wildman–Crippen MR) is 103 cm³/mol. The summed E-state index contributed by atoms with van der Waals surface area (Å²) in [4.78, 5) is 14.5. The number of carbonyl (C=O) groups is 1. The van der Waals surface area contributed by atoms with Crippen molar-refractivity contribution >= 4 is 5.78 Å². The number of Topliss-reactive ketones (excluding diaryl/α,β-unsaturated/α-hetero) is 1. The number of hydrogen-bond acceptors (Lipinski definition) is 5. The molecule has 0 aromatic heterocycles. The molecule has 2 N–H and O–H groups in total. The van der Waals surface area contributed by atoms with Crippen LogP contribution in [0.2, 0.25) is 0 Å². The molecule has 3 rings (SSSR count). The molecule has 1 saturated carbocycles. The van der Waals surface area contributed by atoms with Gasteiger partial charge >= 0.3 is 0 Å². The molecule has 0 amide bonds. The number of aryl methyl sites for hydroxylation is 1. The van der Waals surface area contributed by atoms with Gasteiger partial charge in [0.1, 0.15) is 5.78 Å². The van der Waals surface area contributed by atoms with Gasteiger partial charge in [-0.1, -0.05) is 19.9 Å². The SMILES string of the molecule is CC.COc1ccc(C)c(C23CCN(C)C(C)C2(O)CCC(=O)C3)c1O. The van der Waals surface area contributed by atoms with E-state index in [4.69, 9.17) is 4.74 Å². The van der Waals surface area contributed by atoms with Gasteiger partial charge in [0, 0.05) is 29.9 Å². The number of nitrogens with zero attached hydrogens (tertiary/aromatic N) is 1. The summed E-state index contributed by atoms with van der Waals surface area (Å²) in [7, 11) is 3.52. The third kappa shape index (κ3) is 2.91. The van der Waals surface area contributed by atoms with Crippen molar-refractivity contribution < 1.29 is 19.7 Å². The minimum Gasteiger partial charge on any atom is -0.504 e. The van der Waals surface area contributed by atoms with Crippen molar-refractivity contribution in [2.75, 3.05) is 20.7 Å². The Bertz CT molecular complexity index is 674. The number of aromatic hydroxyl groups is 1. The van der Waals surface area contributed by atoms with E-state index in [1.54, 1.807) is 6.07 Å². The van der Waals surface area contributed by atoms with Crippen LogP contribution in [0.25, 0.3) is 0 Å². The number of piperidine rings is 1. The van der Waals surface area contributed by atoms with Crippen molar-refractivity contribution in [3.63, 3.8) is 0 Å². The van der Waals surface area contributed by atoms with Crippen molar-refractivity contribution in [3.05, 3.63) is 23.3 Å². The molecule has 146 valence electrons. The first kappa shape index (κ1) is 20.7. The fourth-order valence-electron chi connectivity index (χ4n) is 4.86. The largest absolute Gasteiger partial charge is 0.504 e. The molecule has 0 radical (unpaired) electrons. The summed E-state index contributed by atoms with van der Waals surface area (Å²) < 4.78 is 5.29. The van der Waals surface area contributed by atoms with Crippen molar-refractivity contribution in [1.29, 1.82) is 0 Å². The Hall–Kier alpha value is -1.59. The molecule has 0 bridgehead atoms. The quantitative estimate of drug-likeness (QED) is 0.844. The van der Waals surface area contributed by atoms with Crippen LogP contribution in [-0.2, 0) is 10.2 Å². The first-order valence-corrected chi connectivity index (χ1v) is 9.58. The minimum absolute atomic E-state index is 0.0578. The lowest BCUT2D eigenvalue weighted by molar-refractivity contribution is -0.161. The molecule has 1 aromatic rings. The van der Waals surface area contributed by atoms with E-state index in [-0.39, 0.29) is 24.0 Å². The second kappa shape index (κ2) is 7.57. The molecular weight excluding hydrogens is 330 g/mol. The number of likely N-dealkylation sites (tertiary alicyclic amines) is 1. The molecule has 3 atom stereocenters. The van der Waals surface area contributed by atoms with E-state index in [1.165, 1.54) is 7.11 Å². The smallest absolute Gasteiger partial charge is 0.161 e. The second-order valence-electron chi connectivity index (χ2n) is 7.44. The lowest BCUT2D eigenvalue weighted by Gasteiger charge is -2.59. The number of hydrogen-bond donors (Lipinski definition) is 2. The highest BCUT2D eigenvalue weighted by Crippen LogP contribution is 2.56. The van der Waals surface area contributed by atoms with Gasteiger partial charge in [-0.05, 0) is 51.9 Å². The van der Waals surface area contributed by atoms with Crippen LogP contribution in [0.15, 0.2) is 12.1 Å². The van der Waals surface area contributed by atoms with Crippen molar-refractivity contribution in [3.8, 4) is 11.5 Å². The zero-order valence-corrected chi connectivity index (χ0v) is 16.9. The first-order valence-electron chi connectivity index (χ1n) is 9.58. The summed E-state index contributed by atoms with van der Waals surface area (Å²) in [5, 5.41) is 22.6. The highest BCUT2D eigenvalue weighted by Gasteiger charge is 2.61. The molecule has 2 aliphatic rings. The maximum absolute atomic E-state index is 12.4. The van der Waals surface area contributed by atoms with E-state index >= 15 is 0 Å². The molecule has 3 unspecified atom stereocenters. The molecule has 5 nitrogen and oxygen atoms in total. The predicted octanol–water partition coefficient (Wildman–Crippen LogP) is 3.18. The van der Waals surface area contributed by atoms with Gasteiger partial charge in [-0.3, -0.25) is 4.79 Å². The van der Waals surface area contributed by atoms with Gasteiger partial charge in [0.15, 0.2) is 11.5 Å². The number of carbonyl (C=O) groups excluding carboxylic acids is 1. The lowest BCUT2D eigenvalue weighted by atomic mass is 9.53. The number of aliphatic hydroxyl groups is 1. The molecule has 1 aromatic carbocycles. The van der Waals surface area contributed by atoms with E-state index in [9.17, 15) is 15.0 Å². The average Bonchev–Trinajstić information content (AvgIpc) is 2.63. The number of likely N-dealkylation sites (N-methyl/N-ethyl adjacent to an activating group) is 1. The number of phenols is 1. The van der Waals surface area contributed by atoms with Crippen molar-refractivity contribution in [2.45, 2.75) is 70.4 Å². The van der Waals surface area contributed by atoms with Crippen LogP contribution in [-0.4, -0.2) is 53.2 Å². The number of ether oxygens (including phenoxy) is 1.